The van der Waals surface area contributed by atoms with E-state index in [1.54, 1.807) is 6.20 Å². The van der Waals surface area contributed by atoms with E-state index >= 15 is 0 Å². The summed E-state index contributed by atoms with van der Waals surface area (Å²) in [5.74, 6) is 0.792. The Morgan fingerprint density at radius 1 is 1.16 bits per heavy atom. The van der Waals surface area contributed by atoms with Gasteiger partial charge in [-0.05, 0) is 19.5 Å². The van der Waals surface area contributed by atoms with Gasteiger partial charge in [0, 0.05) is 45.2 Å². The van der Waals surface area contributed by atoms with Gasteiger partial charge in [-0.2, -0.15) is 5.10 Å². The second kappa shape index (κ2) is 8.27. The number of aromatic nitrogens is 2. The largest absolute Gasteiger partial charge is 0.311 e. The van der Waals surface area contributed by atoms with Gasteiger partial charge in [-0.15, -0.1) is 0 Å². The lowest BCUT2D eigenvalue weighted by molar-refractivity contribution is -0.116. The smallest absolute Gasteiger partial charge is 0.226 e. The Labute approximate surface area is 149 Å². The second-order valence-corrected chi connectivity index (χ2v) is 6.69. The molecule has 1 aliphatic heterocycles. The van der Waals surface area contributed by atoms with Gasteiger partial charge >= 0.3 is 0 Å². The molecule has 0 saturated carbocycles. The molecular formula is C19H27N5O. The highest BCUT2D eigenvalue weighted by Crippen LogP contribution is 2.21. The highest BCUT2D eigenvalue weighted by atomic mass is 16.1. The summed E-state index contributed by atoms with van der Waals surface area (Å²) in [4.78, 5) is 17.0. The van der Waals surface area contributed by atoms with E-state index in [1.165, 1.54) is 5.56 Å². The molecule has 0 radical (unpaired) electrons. The van der Waals surface area contributed by atoms with E-state index in [0.29, 0.717) is 6.42 Å². The predicted molar refractivity (Wildman–Crippen MR) is 99.7 cm³/mol. The molecular weight excluding hydrogens is 314 g/mol. The Morgan fingerprint density at radius 3 is 2.60 bits per heavy atom. The van der Waals surface area contributed by atoms with Crippen molar-refractivity contribution in [3.05, 3.63) is 48.2 Å². The summed E-state index contributed by atoms with van der Waals surface area (Å²) >= 11 is 0. The third-order valence-corrected chi connectivity index (χ3v) is 4.84. The minimum Gasteiger partial charge on any atom is -0.311 e. The van der Waals surface area contributed by atoms with E-state index in [0.717, 1.165) is 38.5 Å². The first-order valence-electron chi connectivity index (χ1n) is 8.92. The molecule has 1 fully saturated rings. The standard InChI is InChI=1S/C19H27N5O/c1-16(17-6-4-3-5-7-17)24-18(8-10-20-24)21-19(25)9-11-23-14-12-22(2)13-15-23/h3-8,10,16H,9,11-15H2,1-2H3,(H,21,25). The summed E-state index contributed by atoms with van der Waals surface area (Å²) in [6.07, 6.45) is 2.24. The normalized spacial score (nSPS) is 17.4. The molecule has 1 N–H and O–H groups in total. The number of hydrogen-bond acceptors (Lipinski definition) is 4. The first kappa shape index (κ1) is 17.6. The first-order chi connectivity index (χ1) is 12.1. The molecule has 1 saturated heterocycles. The number of likely N-dealkylation sites (N-methyl/N-ethyl adjacent to an activating group) is 1. The summed E-state index contributed by atoms with van der Waals surface area (Å²) in [5, 5.41) is 7.40. The molecule has 0 bridgehead atoms. The Balaban J connectivity index is 1.55. The lowest BCUT2D eigenvalue weighted by Crippen LogP contribution is -2.45. The van der Waals surface area contributed by atoms with Crippen LogP contribution in [-0.2, 0) is 4.79 Å². The summed E-state index contributed by atoms with van der Waals surface area (Å²) < 4.78 is 1.86. The van der Waals surface area contributed by atoms with Gasteiger partial charge in [0.25, 0.3) is 0 Å². The van der Waals surface area contributed by atoms with E-state index in [9.17, 15) is 4.79 Å². The number of hydrogen-bond donors (Lipinski definition) is 1. The fourth-order valence-electron chi connectivity index (χ4n) is 3.13. The van der Waals surface area contributed by atoms with Gasteiger partial charge in [-0.25, -0.2) is 4.68 Å². The van der Waals surface area contributed by atoms with Gasteiger partial charge in [0.05, 0.1) is 12.2 Å². The molecule has 1 aromatic carbocycles. The zero-order valence-corrected chi connectivity index (χ0v) is 15.1. The average molecular weight is 341 g/mol. The SMILES string of the molecule is CC(c1ccccc1)n1nccc1NC(=O)CCN1CCN(C)CC1. The zero-order valence-electron chi connectivity index (χ0n) is 15.1. The van der Waals surface area contributed by atoms with E-state index in [2.05, 4.69) is 46.3 Å². The maximum Gasteiger partial charge on any atom is 0.226 e. The number of rotatable bonds is 6. The van der Waals surface area contributed by atoms with Crippen molar-refractivity contribution in [3.63, 3.8) is 0 Å². The molecule has 2 aromatic rings. The quantitative estimate of drug-likeness (QED) is 0.874. The molecule has 2 heterocycles. The van der Waals surface area contributed by atoms with Crippen LogP contribution >= 0.6 is 0 Å². The Morgan fingerprint density at radius 2 is 1.88 bits per heavy atom. The summed E-state index contributed by atoms with van der Waals surface area (Å²) in [6.45, 7) is 7.11. The van der Waals surface area contributed by atoms with Crippen molar-refractivity contribution >= 4 is 11.7 Å². The highest BCUT2D eigenvalue weighted by Gasteiger charge is 2.17. The lowest BCUT2D eigenvalue weighted by atomic mass is 10.1. The summed E-state index contributed by atoms with van der Waals surface area (Å²) in [5.41, 5.74) is 1.17. The van der Waals surface area contributed by atoms with Crippen LogP contribution in [0.3, 0.4) is 0 Å². The number of nitrogens with one attached hydrogen (secondary N) is 1. The highest BCUT2D eigenvalue weighted by molar-refractivity contribution is 5.89. The number of carbonyl (C=O) groups excluding carboxylic acids is 1. The van der Waals surface area contributed by atoms with Crippen molar-refractivity contribution in [2.45, 2.75) is 19.4 Å². The first-order valence-corrected chi connectivity index (χ1v) is 8.92. The molecule has 1 aliphatic rings. The van der Waals surface area contributed by atoms with Crippen LogP contribution in [-0.4, -0.2) is 65.3 Å². The number of benzene rings is 1. The van der Waals surface area contributed by atoms with Crippen LogP contribution in [0.5, 0.6) is 0 Å². The molecule has 0 spiro atoms. The van der Waals surface area contributed by atoms with E-state index in [-0.39, 0.29) is 11.9 Å². The maximum atomic E-state index is 12.3. The van der Waals surface area contributed by atoms with Gasteiger partial charge in [0.15, 0.2) is 0 Å². The molecule has 1 amide bonds. The fraction of sp³-hybridized carbons (Fsp3) is 0.474. The van der Waals surface area contributed by atoms with Crippen molar-refractivity contribution in [1.82, 2.24) is 19.6 Å². The summed E-state index contributed by atoms with van der Waals surface area (Å²) in [6, 6.07) is 12.1. The molecule has 6 nitrogen and oxygen atoms in total. The number of amides is 1. The van der Waals surface area contributed by atoms with Gasteiger partial charge in [0.2, 0.25) is 5.91 Å². The molecule has 25 heavy (non-hydrogen) atoms. The van der Waals surface area contributed by atoms with Crippen molar-refractivity contribution in [2.75, 3.05) is 45.1 Å². The van der Waals surface area contributed by atoms with E-state index in [4.69, 9.17) is 0 Å². The van der Waals surface area contributed by atoms with Crippen LogP contribution in [0.4, 0.5) is 5.82 Å². The predicted octanol–water partition coefficient (Wildman–Crippen LogP) is 2.07. The van der Waals surface area contributed by atoms with Crippen molar-refractivity contribution < 1.29 is 4.79 Å². The summed E-state index contributed by atoms with van der Waals surface area (Å²) in [7, 11) is 2.14. The number of carbonyl (C=O) groups is 1. The Bertz CT molecular complexity index is 676. The van der Waals surface area contributed by atoms with Crippen LogP contribution in [0.25, 0.3) is 0 Å². The van der Waals surface area contributed by atoms with Gasteiger partial charge < -0.3 is 15.1 Å². The third-order valence-electron chi connectivity index (χ3n) is 4.84. The molecule has 1 atom stereocenters. The molecule has 1 aromatic heterocycles. The molecule has 1 unspecified atom stereocenters. The van der Waals surface area contributed by atoms with Gasteiger partial charge in [-0.1, -0.05) is 30.3 Å². The number of anilines is 1. The molecule has 0 aliphatic carbocycles. The van der Waals surface area contributed by atoms with Crippen LogP contribution in [0.1, 0.15) is 24.9 Å². The van der Waals surface area contributed by atoms with Crippen molar-refractivity contribution in [3.8, 4) is 0 Å². The van der Waals surface area contributed by atoms with Gasteiger partial charge in [0.1, 0.15) is 5.82 Å². The minimum absolute atomic E-state index is 0.0425. The third kappa shape index (κ3) is 4.67. The van der Waals surface area contributed by atoms with E-state index in [1.807, 2.05) is 28.9 Å². The minimum atomic E-state index is 0.0425. The maximum absolute atomic E-state index is 12.3. The molecule has 134 valence electrons. The second-order valence-electron chi connectivity index (χ2n) is 6.69. The monoisotopic (exact) mass is 341 g/mol. The van der Waals surface area contributed by atoms with Crippen LogP contribution < -0.4 is 5.32 Å². The van der Waals surface area contributed by atoms with Crippen LogP contribution in [0.2, 0.25) is 0 Å². The van der Waals surface area contributed by atoms with Crippen LogP contribution in [0.15, 0.2) is 42.6 Å². The lowest BCUT2D eigenvalue weighted by Gasteiger charge is -2.32. The average Bonchev–Trinajstić information content (AvgIpc) is 3.09. The molecule has 6 heteroatoms. The zero-order chi connectivity index (χ0) is 17.6. The van der Waals surface area contributed by atoms with E-state index < -0.39 is 0 Å². The van der Waals surface area contributed by atoms with Crippen molar-refractivity contribution in [2.24, 2.45) is 0 Å². The topological polar surface area (TPSA) is 53.4 Å². The van der Waals surface area contributed by atoms with Crippen molar-refractivity contribution in [1.29, 1.82) is 0 Å². The number of piperazine rings is 1. The van der Waals surface area contributed by atoms with Gasteiger partial charge in [-0.3, -0.25) is 4.79 Å². The Hall–Kier alpha value is -2.18. The number of nitrogens with zero attached hydrogens (tertiary/aromatic N) is 4. The Kier molecular flexibility index (Phi) is 5.83. The van der Waals surface area contributed by atoms with Crippen LogP contribution in [0, 0.1) is 0 Å². The molecule has 3 rings (SSSR count). The fourth-order valence-corrected chi connectivity index (χ4v) is 3.13.